The molecule has 0 aliphatic heterocycles. The van der Waals surface area contributed by atoms with E-state index >= 15 is 0 Å². The van der Waals surface area contributed by atoms with E-state index in [1.807, 2.05) is 13.8 Å². The number of nitrogens with zero attached hydrogens (tertiary/aromatic N) is 2. The maximum absolute atomic E-state index is 5.77. The van der Waals surface area contributed by atoms with Crippen LogP contribution in [0.2, 0.25) is 0 Å². The highest BCUT2D eigenvalue weighted by atomic mass is 32.2. The first-order chi connectivity index (χ1) is 7.00. The van der Waals surface area contributed by atoms with Crippen LogP contribution in [0.1, 0.15) is 45.3 Å². The standard InChI is InChI=1S/C10H19N3OS/c1-6(2)15-5-9-12-10(14-13-9)7(3)8(4)11/h6-8H,5,11H2,1-4H3. The Bertz CT molecular complexity index is 299. The van der Waals surface area contributed by atoms with E-state index in [4.69, 9.17) is 10.3 Å². The van der Waals surface area contributed by atoms with Crippen molar-refractivity contribution in [1.29, 1.82) is 0 Å². The molecule has 4 nitrogen and oxygen atoms in total. The summed E-state index contributed by atoms with van der Waals surface area (Å²) in [7, 11) is 0. The predicted octanol–water partition coefficient (Wildman–Crippen LogP) is 2.16. The fraction of sp³-hybridized carbons (Fsp3) is 0.800. The first-order valence-corrected chi connectivity index (χ1v) is 6.25. The van der Waals surface area contributed by atoms with Crippen molar-refractivity contribution in [3.63, 3.8) is 0 Å². The lowest BCUT2D eigenvalue weighted by molar-refractivity contribution is 0.344. The highest BCUT2D eigenvalue weighted by molar-refractivity contribution is 7.99. The Hall–Kier alpha value is -0.550. The molecule has 0 aromatic carbocycles. The molecule has 86 valence electrons. The summed E-state index contributed by atoms with van der Waals surface area (Å²) in [5.41, 5.74) is 5.77. The Morgan fingerprint density at radius 1 is 1.33 bits per heavy atom. The van der Waals surface area contributed by atoms with Gasteiger partial charge >= 0.3 is 0 Å². The van der Waals surface area contributed by atoms with Crippen molar-refractivity contribution in [2.75, 3.05) is 0 Å². The van der Waals surface area contributed by atoms with Gasteiger partial charge in [0.2, 0.25) is 5.89 Å². The summed E-state index contributed by atoms with van der Waals surface area (Å²) in [4.78, 5) is 4.32. The van der Waals surface area contributed by atoms with Crippen LogP contribution in [0.25, 0.3) is 0 Å². The summed E-state index contributed by atoms with van der Waals surface area (Å²) in [6.45, 7) is 8.24. The second-order valence-corrected chi connectivity index (χ2v) is 5.62. The van der Waals surface area contributed by atoms with Crippen molar-refractivity contribution < 1.29 is 4.52 Å². The first kappa shape index (κ1) is 12.5. The summed E-state index contributed by atoms with van der Waals surface area (Å²) in [5, 5.41) is 4.51. The number of nitrogens with two attached hydrogens (primary N) is 1. The van der Waals surface area contributed by atoms with E-state index in [0.717, 1.165) is 11.6 Å². The van der Waals surface area contributed by atoms with Crippen molar-refractivity contribution in [2.45, 2.75) is 50.7 Å². The third-order valence-electron chi connectivity index (χ3n) is 2.21. The lowest BCUT2D eigenvalue weighted by atomic mass is 10.1. The molecule has 1 aromatic heterocycles. The van der Waals surface area contributed by atoms with E-state index in [0.29, 0.717) is 11.1 Å². The quantitative estimate of drug-likeness (QED) is 0.838. The number of hydrogen-bond donors (Lipinski definition) is 1. The summed E-state index contributed by atoms with van der Waals surface area (Å²) in [6.07, 6.45) is 0. The highest BCUT2D eigenvalue weighted by Gasteiger charge is 2.17. The molecule has 2 unspecified atom stereocenters. The van der Waals surface area contributed by atoms with E-state index < -0.39 is 0 Å². The Balaban J connectivity index is 2.56. The Morgan fingerprint density at radius 2 is 2.00 bits per heavy atom. The average Bonchev–Trinajstić information content (AvgIpc) is 2.61. The number of thioether (sulfide) groups is 1. The third kappa shape index (κ3) is 3.83. The third-order valence-corrected chi connectivity index (χ3v) is 3.30. The van der Waals surface area contributed by atoms with Gasteiger partial charge in [-0.1, -0.05) is 25.9 Å². The largest absolute Gasteiger partial charge is 0.339 e. The molecule has 0 fully saturated rings. The molecule has 0 radical (unpaired) electrons. The molecule has 1 heterocycles. The first-order valence-electron chi connectivity index (χ1n) is 5.20. The molecule has 0 spiro atoms. The lowest BCUT2D eigenvalue weighted by Crippen LogP contribution is -2.22. The van der Waals surface area contributed by atoms with Crippen molar-refractivity contribution >= 4 is 11.8 Å². The molecule has 5 heteroatoms. The smallest absolute Gasteiger partial charge is 0.231 e. The van der Waals surface area contributed by atoms with E-state index in [1.165, 1.54) is 0 Å². The summed E-state index contributed by atoms with van der Waals surface area (Å²) in [5.74, 6) is 2.32. The van der Waals surface area contributed by atoms with Crippen molar-refractivity contribution in [3.8, 4) is 0 Å². The Kier molecular flexibility index (Phi) is 4.60. The molecule has 0 saturated carbocycles. The molecule has 0 saturated heterocycles. The van der Waals surface area contributed by atoms with Crippen molar-refractivity contribution in [3.05, 3.63) is 11.7 Å². The van der Waals surface area contributed by atoms with Gasteiger partial charge in [-0.05, 0) is 12.2 Å². The zero-order chi connectivity index (χ0) is 11.4. The molecule has 2 N–H and O–H groups in total. The lowest BCUT2D eigenvalue weighted by Gasteiger charge is -2.09. The van der Waals surface area contributed by atoms with Crippen LogP contribution in [-0.2, 0) is 5.75 Å². The van der Waals surface area contributed by atoms with Crippen LogP contribution in [0.5, 0.6) is 0 Å². The molecule has 2 atom stereocenters. The van der Waals surface area contributed by atoms with Gasteiger partial charge < -0.3 is 10.3 Å². The van der Waals surface area contributed by atoms with E-state index in [-0.39, 0.29) is 12.0 Å². The monoisotopic (exact) mass is 229 g/mol. The number of hydrogen-bond acceptors (Lipinski definition) is 5. The van der Waals surface area contributed by atoms with Gasteiger partial charge in [-0.25, -0.2) is 0 Å². The van der Waals surface area contributed by atoms with Gasteiger partial charge in [0.15, 0.2) is 5.82 Å². The molecule has 1 aromatic rings. The SMILES string of the molecule is CC(C)SCc1noc(C(C)C(C)N)n1. The van der Waals surface area contributed by atoms with Gasteiger partial charge in [0, 0.05) is 6.04 Å². The van der Waals surface area contributed by atoms with E-state index in [1.54, 1.807) is 11.8 Å². The fourth-order valence-electron chi connectivity index (χ4n) is 0.977. The molecular weight excluding hydrogens is 210 g/mol. The summed E-state index contributed by atoms with van der Waals surface area (Å²) in [6, 6.07) is 0.0380. The second-order valence-electron chi connectivity index (χ2n) is 4.06. The van der Waals surface area contributed by atoms with Crippen LogP contribution < -0.4 is 5.73 Å². The molecule has 0 amide bonds. The van der Waals surface area contributed by atoms with Gasteiger partial charge in [-0.15, -0.1) is 0 Å². The minimum Gasteiger partial charge on any atom is -0.339 e. The highest BCUT2D eigenvalue weighted by Crippen LogP contribution is 2.19. The number of aromatic nitrogens is 2. The molecule has 0 bridgehead atoms. The van der Waals surface area contributed by atoms with Crippen molar-refractivity contribution in [1.82, 2.24) is 10.1 Å². The van der Waals surface area contributed by atoms with Crippen LogP contribution in [0.15, 0.2) is 4.52 Å². The minimum absolute atomic E-state index is 0.0380. The molecule has 0 aliphatic rings. The predicted molar refractivity (Wildman–Crippen MR) is 62.8 cm³/mol. The maximum atomic E-state index is 5.77. The zero-order valence-corrected chi connectivity index (χ0v) is 10.5. The Morgan fingerprint density at radius 3 is 2.53 bits per heavy atom. The molecule has 15 heavy (non-hydrogen) atoms. The fourth-order valence-corrected chi connectivity index (χ4v) is 1.58. The number of rotatable bonds is 5. The van der Waals surface area contributed by atoms with Gasteiger partial charge in [-0.3, -0.25) is 0 Å². The van der Waals surface area contributed by atoms with Gasteiger partial charge in [0.25, 0.3) is 0 Å². The zero-order valence-electron chi connectivity index (χ0n) is 9.73. The second kappa shape index (κ2) is 5.51. The summed E-state index contributed by atoms with van der Waals surface area (Å²) < 4.78 is 5.17. The van der Waals surface area contributed by atoms with Gasteiger partial charge in [0.1, 0.15) is 0 Å². The van der Waals surface area contributed by atoms with Crippen LogP contribution in [-0.4, -0.2) is 21.4 Å². The van der Waals surface area contributed by atoms with Crippen LogP contribution in [0.3, 0.4) is 0 Å². The average molecular weight is 229 g/mol. The van der Waals surface area contributed by atoms with Crippen LogP contribution in [0.4, 0.5) is 0 Å². The van der Waals surface area contributed by atoms with E-state index in [9.17, 15) is 0 Å². The van der Waals surface area contributed by atoms with Gasteiger partial charge in [0.05, 0.1) is 11.7 Å². The normalized spacial score (nSPS) is 15.6. The van der Waals surface area contributed by atoms with E-state index in [2.05, 4.69) is 24.0 Å². The topological polar surface area (TPSA) is 64.9 Å². The molecular formula is C10H19N3OS. The summed E-state index contributed by atoms with van der Waals surface area (Å²) >= 11 is 1.80. The van der Waals surface area contributed by atoms with Gasteiger partial charge in [-0.2, -0.15) is 16.7 Å². The van der Waals surface area contributed by atoms with Crippen LogP contribution in [0, 0.1) is 0 Å². The van der Waals surface area contributed by atoms with Crippen LogP contribution >= 0.6 is 11.8 Å². The maximum Gasteiger partial charge on any atom is 0.231 e. The minimum atomic E-state index is 0.0380. The Labute approximate surface area is 95.0 Å². The molecule has 0 aliphatic carbocycles. The molecule has 1 rings (SSSR count). The van der Waals surface area contributed by atoms with Crippen molar-refractivity contribution in [2.24, 2.45) is 5.73 Å².